The van der Waals surface area contributed by atoms with Crippen LogP contribution in [0.4, 0.5) is 0 Å². The first-order valence-corrected chi connectivity index (χ1v) is 10.6. The number of halogens is 1. The van der Waals surface area contributed by atoms with Gasteiger partial charge >= 0.3 is 0 Å². The molecule has 0 spiro atoms. The zero-order valence-corrected chi connectivity index (χ0v) is 18.2. The van der Waals surface area contributed by atoms with Crippen molar-refractivity contribution in [3.63, 3.8) is 0 Å². The van der Waals surface area contributed by atoms with Gasteiger partial charge in [0.15, 0.2) is 0 Å². The van der Waals surface area contributed by atoms with Crippen LogP contribution in [0.3, 0.4) is 0 Å². The molecular formula is C23H30ClN3O2. The second kappa shape index (κ2) is 9.59. The third kappa shape index (κ3) is 5.71. The topological polar surface area (TPSA) is 54.5 Å². The van der Waals surface area contributed by atoms with Crippen molar-refractivity contribution in [2.24, 2.45) is 5.92 Å². The van der Waals surface area contributed by atoms with Gasteiger partial charge in [-0.1, -0.05) is 55.8 Å². The third-order valence-electron chi connectivity index (χ3n) is 5.38. The number of carbonyl (C=O) groups excluding carboxylic acids is 1. The van der Waals surface area contributed by atoms with Gasteiger partial charge in [-0.2, -0.15) is 0 Å². The highest BCUT2D eigenvalue weighted by Crippen LogP contribution is 2.30. The quantitative estimate of drug-likeness (QED) is 0.686. The van der Waals surface area contributed by atoms with E-state index in [4.69, 9.17) is 16.3 Å². The molecule has 0 bridgehead atoms. The number of rotatable bonds is 8. The predicted molar refractivity (Wildman–Crippen MR) is 116 cm³/mol. The number of pyridine rings is 1. The van der Waals surface area contributed by atoms with Crippen LogP contribution in [0.15, 0.2) is 42.6 Å². The number of benzene rings is 1. The van der Waals surface area contributed by atoms with Gasteiger partial charge in [-0.15, -0.1) is 0 Å². The van der Waals surface area contributed by atoms with E-state index in [-0.39, 0.29) is 11.4 Å². The van der Waals surface area contributed by atoms with Crippen LogP contribution in [0.2, 0.25) is 5.02 Å². The van der Waals surface area contributed by atoms with Gasteiger partial charge in [0.1, 0.15) is 5.02 Å². The number of ether oxygens (including phenoxy) is 1. The van der Waals surface area contributed by atoms with Crippen molar-refractivity contribution in [1.29, 1.82) is 0 Å². The lowest BCUT2D eigenvalue weighted by Crippen LogP contribution is -2.49. The largest absolute Gasteiger partial charge is 0.476 e. The number of nitrogens with zero attached hydrogens (tertiary/aromatic N) is 2. The van der Waals surface area contributed by atoms with Gasteiger partial charge < -0.3 is 10.1 Å². The van der Waals surface area contributed by atoms with Crippen molar-refractivity contribution in [3.05, 3.63) is 58.7 Å². The lowest BCUT2D eigenvalue weighted by molar-refractivity contribution is 0.0897. The van der Waals surface area contributed by atoms with Crippen molar-refractivity contribution in [3.8, 4) is 5.88 Å². The Kier molecular flexibility index (Phi) is 7.14. The Balaban J connectivity index is 1.59. The highest BCUT2D eigenvalue weighted by molar-refractivity contribution is 6.32. The summed E-state index contributed by atoms with van der Waals surface area (Å²) in [4.78, 5) is 19.3. The van der Waals surface area contributed by atoms with Gasteiger partial charge in [0.05, 0.1) is 12.2 Å². The maximum atomic E-state index is 12.7. The number of hydrogen-bond donors (Lipinski definition) is 1. The smallest absolute Gasteiger partial charge is 0.252 e. The third-order valence-corrected chi connectivity index (χ3v) is 5.65. The maximum Gasteiger partial charge on any atom is 0.252 e. The Bertz CT molecular complexity index is 828. The normalized spacial score (nSPS) is 19.5. The van der Waals surface area contributed by atoms with E-state index in [0.717, 1.165) is 25.9 Å². The van der Waals surface area contributed by atoms with Crippen LogP contribution in [0.5, 0.6) is 5.88 Å². The van der Waals surface area contributed by atoms with Gasteiger partial charge in [-0.05, 0) is 43.9 Å². The summed E-state index contributed by atoms with van der Waals surface area (Å²) in [5.74, 6) is 0.582. The Morgan fingerprint density at radius 1 is 1.34 bits per heavy atom. The molecule has 1 N–H and O–H groups in total. The molecule has 1 aromatic carbocycles. The van der Waals surface area contributed by atoms with Crippen LogP contribution in [-0.4, -0.2) is 41.0 Å². The molecule has 0 radical (unpaired) electrons. The standard InChI is InChI=1S/C23H30ClN3O2/c1-17(2)15-29-22-20(24)12-19(13-25-22)21(28)26-16-23(3)10-7-11-27(23)14-18-8-5-4-6-9-18/h4-6,8-9,12-13,17H,7,10-11,14-16H2,1-3H3,(H,26,28). The van der Waals surface area contributed by atoms with E-state index in [2.05, 4.69) is 60.2 Å². The molecule has 6 heteroatoms. The first-order valence-electron chi connectivity index (χ1n) is 10.2. The van der Waals surface area contributed by atoms with Crippen molar-refractivity contribution < 1.29 is 9.53 Å². The fraction of sp³-hybridized carbons (Fsp3) is 0.478. The Morgan fingerprint density at radius 3 is 2.79 bits per heavy atom. The average molecular weight is 416 g/mol. The molecule has 1 amide bonds. The van der Waals surface area contributed by atoms with Crippen LogP contribution in [0.25, 0.3) is 0 Å². The molecule has 1 aromatic heterocycles. The van der Waals surface area contributed by atoms with Crippen LogP contribution < -0.4 is 10.1 Å². The second-order valence-corrected chi connectivity index (χ2v) is 8.81. The second-order valence-electron chi connectivity index (χ2n) is 8.41. The molecule has 3 rings (SSSR count). The molecule has 1 aliphatic rings. The summed E-state index contributed by atoms with van der Waals surface area (Å²) >= 11 is 6.25. The minimum absolute atomic E-state index is 0.0664. The number of amides is 1. The Hall–Kier alpha value is -2.11. The van der Waals surface area contributed by atoms with E-state index in [1.807, 2.05) is 6.07 Å². The van der Waals surface area contributed by atoms with Gasteiger partial charge in [0.2, 0.25) is 5.88 Å². The lowest BCUT2D eigenvalue weighted by Gasteiger charge is -2.35. The minimum Gasteiger partial charge on any atom is -0.476 e. The van der Waals surface area contributed by atoms with Crippen LogP contribution in [0, 0.1) is 5.92 Å². The number of nitrogens with one attached hydrogen (secondary N) is 1. The molecule has 1 aliphatic heterocycles. The highest BCUT2D eigenvalue weighted by Gasteiger charge is 2.36. The molecule has 1 saturated heterocycles. The molecule has 1 atom stereocenters. The van der Waals surface area contributed by atoms with E-state index in [9.17, 15) is 4.79 Å². The molecule has 1 unspecified atom stereocenters. The molecule has 1 fully saturated rings. The first kappa shape index (κ1) is 21.6. The zero-order chi connectivity index (χ0) is 20.9. The molecule has 0 saturated carbocycles. The number of likely N-dealkylation sites (tertiary alicyclic amines) is 1. The fourth-order valence-corrected chi connectivity index (χ4v) is 3.85. The van der Waals surface area contributed by atoms with Gasteiger partial charge in [-0.3, -0.25) is 9.69 Å². The van der Waals surface area contributed by atoms with Gasteiger partial charge in [-0.25, -0.2) is 4.98 Å². The Morgan fingerprint density at radius 2 is 2.10 bits per heavy atom. The number of carbonyl (C=O) groups is 1. The molecule has 0 aliphatic carbocycles. The van der Waals surface area contributed by atoms with Crippen molar-refractivity contribution in [2.45, 2.75) is 45.7 Å². The molecule has 2 heterocycles. The van der Waals surface area contributed by atoms with Crippen LogP contribution >= 0.6 is 11.6 Å². The summed E-state index contributed by atoms with van der Waals surface area (Å²) in [6, 6.07) is 12.1. The summed E-state index contributed by atoms with van der Waals surface area (Å²) in [6.07, 6.45) is 3.71. The maximum absolute atomic E-state index is 12.7. The Labute approximate surface area is 178 Å². The highest BCUT2D eigenvalue weighted by atomic mass is 35.5. The lowest BCUT2D eigenvalue weighted by atomic mass is 9.98. The summed E-state index contributed by atoms with van der Waals surface area (Å²) in [6.45, 7) is 9.38. The SMILES string of the molecule is CC(C)COc1ncc(C(=O)NCC2(C)CCCN2Cc2ccccc2)cc1Cl. The van der Waals surface area contributed by atoms with Crippen molar-refractivity contribution in [1.82, 2.24) is 15.2 Å². The molecule has 29 heavy (non-hydrogen) atoms. The number of aromatic nitrogens is 1. The average Bonchev–Trinajstić information content (AvgIpc) is 3.06. The molecule has 5 nitrogen and oxygen atoms in total. The van der Waals surface area contributed by atoms with E-state index in [1.54, 1.807) is 6.07 Å². The summed E-state index contributed by atoms with van der Waals surface area (Å²) in [5.41, 5.74) is 1.67. The predicted octanol–water partition coefficient (Wildman–Crippen LogP) is 4.55. The molecule has 2 aromatic rings. The first-order chi connectivity index (χ1) is 13.9. The minimum atomic E-state index is -0.164. The molecular weight excluding hydrogens is 386 g/mol. The fourth-order valence-electron chi connectivity index (χ4n) is 3.63. The van der Waals surface area contributed by atoms with Gasteiger partial charge in [0, 0.05) is 24.8 Å². The van der Waals surface area contributed by atoms with Crippen LogP contribution in [0.1, 0.15) is 49.5 Å². The van der Waals surface area contributed by atoms with E-state index >= 15 is 0 Å². The van der Waals surface area contributed by atoms with E-state index in [1.165, 1.54) is 11.8 Å². The number of hydrogen-bond acceptors (Lipinski definition) is 4. The zero-order valence-electron chi connectivity index (χ0n) is 17.5. The summed E-state index contributed by atoms with van der Waals surface area (Å²) < 4.78 is 5.58. The van der Waals surface area contributed by atoms with E-state index < -0.39 is 0 Å². The van der Waals surface area contributed by atoms with Gasteiger partial charge in [0.25, 0.3) is 5.91 Å². The van der Waals surface area contributed by atoms with Crippen molar-refractivity contribution >= 4 is 17.5 Å². The summed E-state index contributed by atoms with van der Waals surface area (Å²) in [7, 11) is 0. The summed E-state index contributed by atoms with van der Waals surface area (Å²) in [5, 5.41) is 3.43. The van der Waals surface area contributed by atoms with E-state index in [0.29, 0.717) is 35.5 Å². The van der Waals surface area contributed by atoms with Crippen molar-refractivity contribution in [2.75, 3.05) is 19.7 Å². The van der Waals surface area contributed by atoms with Crippen LogP contribution in [-0.2, 0) is 6.54 Å². The molecule has 156 valence electrons. The monoisotopic (exact) mass is 415 g/mol.